The molecule has 8 nitrogen and oxygen atoms in total. The van der Waals surface area contributed by atoms with E-state index in [2.05, 4.69) is 5.32 Å². The van der Waals surface area contributed by atoms with Crippen LogP contribution in [-0.4, -0.2) is 78.0 Å². The number of rotatable bonds is 7. The van der Waals surface area contributed by atoms with Crippen molar-refractivity contribution < 1.29 is 32.3 Å². The summed E-state index contributed by atoms with van der Waals surface area (Å²) in [5.41, 5.74) is -0.819. The van der Waals surface area contributed by atoms with Gasteiger partial charge in [-0.1, -0.05) is 31.0 Å². The number of hydrogen-bond donors (Lipinski definition) is 1. The fourth-order valence-electron chi connectivity index (χ4n) is 6.02. The summed E-state index contributed by atoms with van der Waals surface area (Å²) >= 11 is 0. The van der Waals surface area contributed by atoms with Gasteiger partial charge in [0.2, 0.25) is 5.91 Å². The molecule has 2 unspecified atom stereocenters. The summed E-state index contributed by atoms with van der Waals surface area (Å²) < 4.78 is 47.2. The Balaban J connectivity index is 1.69. The molecular formula is C28H37F3N4O4. The summed E-state index contributed by atoms with van der Waals surface area (Å²) in [5, 5.41) is 2.62. The molecule has 2 fully saturated rings. The Kier molecular flexibility index (Phi) is 8.88. The van der Waals surface area contributed by atoms with Gasteiger partial charge in [-0.15, -0.1) is 0 Å². The van der Waals surface area contributed by atoms with Crippen LogP contribution in [0.3, 0.4) is 0 Å². The lowest BCUT2D eigenvalue weighted by Gasteiger charge is -2.43. The summed E-state index contributed by atoms with van der Waals surface area (Å²) in [6.07, 6.45) is -0.696. The fourth-order valence-corrected chi connectivity index (χ4v) is 6.02. The molecule has 1 aliphatic carbocycles. The Morgan fingerprint density at radius 2 is 1.79 bits per heavy atom. The number of hydrogen-bond acceptors (Lipinski definition) is 5. The third-order valence-electron chi connectivity index (χ3n) is 7.90. The van der Waals surface area contributed by atoms with Crippen molar-refractivity contribution in [2.24, 2.45) is 5.92 Å². The van der Waals surface area contributed by atoms with Crippen LogP contribution >= 0.6 is 0 Å². The highest BCUT2D eigenvalue weighted by Gasteiger charge is 2.43. The number of esters is 1. The Bertz CT molecular complexity index is 1120. The van der Waals surface area contributed by atoms with Crippen molar-refractivity contribution in [1.29, 1.82) is 0 Å². The lowest BCUT2D eigenvalue weighted by molar-refractivity contribution is -0.141. The summed E-state index contributed by atoms with van der Waals surface area (Å²) in [4.78, 5) is 44.9. The highest BCUT2D eigenvalue weighted by Crippen LogP contribution is 2.40. The molecule has 214 valence electrons. The molecule has 0 aromatic heterocycles. The van der Waals surface area contributed by atoms with E-state index in [1.165, 1.54) is 23.1 Å². The molecule has 2 aliphatic heterocycles. The number of likely N-dealkylation sites (N-methyl/N-ethyl adjacent to an activating group) is 1. The van der Waals surface area contributed by atoms with Gasteiger partial charge < -0.3 is 15.0 Å². The average Bonchev–Trinajstić information content (AvgIpc) is 3.43. The molecule has 1 saturated carbocycles. The van der Waals surface area contributed by atoms with Crippen LogP contribution in [0.1, 0.15) is 63.6 Å². The second kappa shape index (κ2) is 12.0. The zero-order valence-electron chi connectivity index (χ0n) is 22.7. The topological polar surface area (TPSA) is 82.2 Å². The van der Waals surface area contributed by atoms with Crippen LogP contribution in [0, 0.1) is 5.92 Å². The van der Waals surface area contributed by atoms with E-state index in [1.54, 1.807) is 13.8 Å². The van der Waals surface area contributed by atoms with Gasteiger partial charge in [0, 0.05) is 50.4 Å². The Labute approximate surface area is 227 Å². The normalized spacial score (nSPS) is 23.3. The van der Waals surface area contributed by atoms with Crippen LogP contribution in [-0.2, 0) is 20.5 Å². The number of carbonyl (C=O) groups is 3. The molecular weight excluding hydrogens is 513 g/mol. The maximum Gasteiger partial charge on any atom is 0.416 e. The molecule has 1 aromatic rings. The van der Waals surface area contributed by atoms with E-state index in [1.807, 2.05) is 16.7 Å². The highest BCUT2D eigenvalue weighted by atomic mass is 19.4. The molecule has 3 aliphatic rings. The van der Waals surface area contributed by atoms with E-state index < -0.39 is 29.8 Å². The molecule has 0 bridgehead atoms. The van der Waals surface area contributed by atoms with Gasteiger partial charge in [-0.05, 0) is 45.2 Å². The van der Waals surface area contributed by atoms with Gasteiger partial charge in [-0.3, -0.25) is 14.6 Å². The standard InChI is InChI=1S/C28H37F3N4O4/c1-4-34-22(17-33-14-15-35(18(3)16-33)25(36)19-10-6-7-11-19)23(26(37)39-5-2)24(32-27(34)38)20-12-8-9-13-21(20)28(29,30)31/h8-9,12-13,18-19,24H,4-7,10-11,14-17H2,1-3H3,(H,32,38). The molecule has 2 heterocycles. The van der Waals surface area contributed by atoms with Crippen molar-refractivity contribution in [3.63, 3.8) is 0 Å². The molecule has 39 heavy (non-hydrogen) atoms. The lowest BCUT2D eigenvalue weighted by atomic mass is 9.90. The number of amides is 3. The number of nitrogens with zero attached hydrogens (tertiary/aromatic N) is 3. The number of nitrogens with one attached hydrogen (secondary N) is 1. The Hall–Kier alpha value is -3.08. The summed E-state index contributed by atoms with van der Waals surface area (Å²) in [7, 11) is 0. The maximum absolute atomic E-state index is 14.0. The molecule has 2 atom stereocenters. The molecule has 0 radical (unpaired) electrons. The van der Waals surface area contributed by atoms with E-state index in [-0.39, 0.29) is 48.7 Å². The Morgan fingerprint density at radius 3 is 2.41 bits per heavy atom. The molecule has 0 spiro atoms. The molecule has 11 heteroatoms. The minimum absolute atomic E-state index is 0.00730. The van der Waals surface area contributed by atoms with Gasteiger partial charge in [-0.2, -0.15) is 13.2 Å². The fraction of sp³-hybridized carbons (Fsp3) is 0.607. The number of alkyl halides is 3. The van der Waals surface area contributed by atoms with E-state index in [0.29, 0.717) is 25.3 Å². The second-order valence-electron chi connectivity index (χ2n) is 10.4. The van der Waals surface area contributed by atoms with E-state index in [9.17, 15) is 27.6 Å². The van der Waals surface area contributed by atoms with Gasteiger partial charge in [-0.25, -0.2) is 9.59 Å². The molecule has 3 amide bonds. The van der Waals surface area contributed by atoms with Crippen LogP contribution < -0.4 is 5.32 Å². The maximum atomic E-state index is 14.0. The van der Waals surface area contributed by atoms with Gasteiger partial charge in [0.05, 0.1) is 23.8 Å². The molecule has 1 N–H and O–H groups in total. The largest absolute Gasteiger partial charge is 0.463 e. The van der Waals surface area contributed by atoms with E-state index in [4.69, 9.17) is 4.74 Å². The molecule has 1 aromatic carbocycles. The zero-order valence-corrected chi connectivity index (χ0v) is 22.7. The number of ether oxygens (including phenoxy) is 1. The first-order chi connectivity index (χ1) is 18.6. The highest BCUT2D eigenvalue weighted by molar-refractivity contribution is 5.95. The summed E-state index contributed by atoms with van der Waals surface area (Å²) in [6.45, 7) is 7.30. The van der Waals surface area contributed by atoms with Crippen molar-refractivity contribution >= 4 is 17.9 Å². The monoisotopic (exact) mass is 550 g/mol. The quantitative estimate of drug-likeness (QED) is 0.511. The van der Waals surface area contributed by atoms with Crippen molar-refractivity contribution in [2.75, 3.05) is 39.3 Å². The van der Waals surface area contributed by atoms with Crippen LogP contribution in [0.5, 0.6) is 0 Å². The van der Waals surface area contributed by atoms with Crippen LogP contribution in [0.2, 0.25) is 0 Å². The zero-order chi connectivity index (χ0) is 28.3. The van der Waals surface area contributed by atoms with Crippen molar-refractivity contribution in [3.8, 4) is 0 Å². The van der Waals surface area contributed by atoms with Gasteiger partial charge >= 0.3 is 18.2 Å². The summed E-state index contributed by atoms with van der Waals surface area (Å²) in [6, 6.07) is 2.97. The number of piperazine rings is 1. The van der Waals surface area contributed by atoms with Gasteiger partial charge in [0.25, 0.3) is 0 Å². The first-order valence-electron chi connectivity index (χ1n) is 13.7. The SMILES string of the molecule is CCOC(=O)C1=C(CN2CCN(C(=O)C3CCCC3)C(C)C2)N(CC)C(=O)NC1c1ccccc1C(F)(F)F. The smallest absolute Gasteiger partial charge is 0.416 e. The first-order valence-corrected chi connectivity index (χ1v) is 13.7. The number of urea groups is 1. The number of carbonyl (C=O) groups excluding carboxylic acids is 3. The molecule has 4 rings (SSSR count). The third-order valence-corrected chi connectivity index (χ3v) is 7.90. The van der Waals surface area contributed by atoms with Crippen LogP contribution in [0.4, 0.5) is 18.0 Å². The van der Waals surface area contributed by atoms with E-state index >= 15 is 0 Å². The first kappa shape index (κ1) is 28.9. The van der Waals surface area contributed by atoms with Crippen molar-refractivity contribution in [2.45, 2.75) is 64.7 Å². The third kappa shape index (κ3) is 6.08. The van der Waals surface area contributed by atoms with Crippen LogP contribution in [0.15, 0.2) is 35.5 Å². The number of halogens is 3. The van der Waals surface area contributed by atoms with Crippen molar-refractivity contribution in [1.82, 2.24) is 20.0 Å². The predicted molar refractivity (Wildman–Crippen MR) is 138 cm³/mol. The van der Waals surface area contributed by atoms with Gasteiger partial charge in [0.15, 0.2) is 0 Å². The summed E-state index contributed by atoms with van der Waals surface area (Å²) in [5.74, 6) is -0.512. The lowest BCUT2D eigenvalue weighted by Crippen LogP contribution is -2.57. The van der Waals surface area contributed by atoms with Crippen molar-refractivity contribution in [3.05, 3.63) is 46.7 Å². The van der Waals surface area contributed by atoms with E-state index in [0.717, 1.165) is 31.7 Å². The minimum Gasteiger partial charge on any atom is -0.463 e. The van der Waals surface area contributed by atoms with Crippen LogP contribution in [0.25, 0.3) is 0 Å². The Morgan fingerprint density at radius 1 is 1.10 bits per heavy atom. The molecule has 1 saturated heterocycles. The second-order valence-corrected chi connectivity index (χ2v) is 10.4. The minimum atomic E-state index is -4.68. The predicted octanol–water partition coefficient (Wildman–Crippen LogP) is 4.33. The number of benzene rings is 1. The average molecular weight is 551 g/mol. The van der Waals surface area contributed by atoms with Gasteiger partial charge in [0.1, 0.15) is 0 Å².